The van der Waals surface area contributed by atoms with Crippen molar-refractivity contribution in [1.82, 2.24) is 4.90 Å². The molecule has 5 rings (SSSR count). The SMILES string of the molecule is N#Cc1ccc(-c2ccc3c(c2)[C@H]2[C@H](CCN2C(=O)c2ccccc2F)[C@H](CO)N3)cc1. The van der Waals surface area contributed by atoms with Crippen molar-refractivity contribution in [1.29, 1.82) is 5.26 Å². The van der Waals surface area contributed by atoms with Crippen molar-refractivity contribution in [3.05, 3.63) is 89.2 Å². The molecule has 0 radical (unpaired) electrons. The third-order valence-electron chi connectivity index (χ3n) is 6.58. The number of anilines is 1. The number of benzene rings is 3. The molecule has 0 saturated carbocycles. The van der Waals surface area contributed by atoms with Gasteiger partial charge in [0.25, 0.3) is 5.91 Å². The summed E-state index contributed by atoms with van der Waals surface area (Å²) in [6, 6.07) is 21.1. The van der Waals surface area contributed by atoms with Gasteiger partial charge < -0.3 is 15.3 Å². The van der Waals surface area contributed by atoms with Gasteiger partial charge in [-0.3, -0.25) is 4.79 Å². The van der Waals surface area contributed by atoms with Crippen molar-refractivity contribution in [3.63, 3.8) is 0 Å². The second kappa shape index (κ2) is 8.10. The summed E-state index contributed by atoms with van der Waals surface area (Å²) in [5, 5.41) is 22.5. The fourth-order valence-corrected chi connectivity index (χ4v) is 5.00. The first-order chi connectivity index (χ1) is 15.6. The highest BCUT2D eigenvalue weighted by atomic mass is 19.1. The summed E-state index contributed by atoms with van der Waals surface area (Å²) in [6.45, 7) is 0.459. The zero-order valence-corrected chi connectivity index (χ0v) is 17.3. The average molecular weight is 427 g/mol. The van der Waals surface area contributed by atoms with Crippen LogP contribution in [-0.4, -0.2) is 35.1 Å². The van der Waals surface area contributed by atoms with Crippen LogP contribution in [0.1, 0.15) is 33.9 Å². The molecule has 3 atom stereocenters. The molecule has 160 valence electrons. The molecule has 2 aliphatic rings. The van der Waals surface area contributed by atoms with E-state index in [1.165, 1.54) is 12.1 Å². The molecule has 5 nitrogen and oxygen atoms in total. The second-order valence-electron chi connectivity index (χ2n) is 8.30. The normalized spacial score (nSPS) is 21.3. The summed E-state index contributed by atoms with van der Waals surface area (Å²) < 4.78 is 14.4. The largest absolute Gasteiger partial charge is 0.394 e. The Hall–Kier alpha value is -3.69. The molecule has 1 fully saturated rings. The highest BCUT2D eigenvalue weighted by molar-refractivity contribution is 5.95. The lowest BCUT2D eigenvalue weighted by atomic mass is 9.82. The number of hydrogen-bond donors (Lipinski definition) is 2. The summed E-state index contributed by atoms with van der Waals surface area (Å²) in [6.07, 6.45) is 0.726. The lowest BCUT2D eigenvalue weighted by molar-refractivity contribution is 0.0696. The Labute approximate surface area is 185 Å². The first kappa shape index (κ1) is 20.2. The fraction of sp³-hybridized carbons (Fsp3) is 0.231. The van der Waals surface area contributed by atoms with Crippen LogP contribution in [0, 0.1) is 23.1 Å². The van der Waals surface area contributed by atoms with Crippen molar-refractivity contribution in [3.8, 4) is 17.2 Å². The maximum absolute atomic E-state index is 14.4. The Kier molecular flexibility index (Phi) is 5.12. The zero-order chi connectivity index (χ0) is 22.2. The molecule has 6 heteroatoms. The lowest BCUT2D eigenvalue weighted by Crippen LogP contribution is -2.43. The van der Waals surface area contributed by atoms with Gasteiger partial charge in [0.15, 0.2) is 0 Å². The maximum Gasteiger partial charge on any atom is 0.257 e. The number of likely N-dealkylation sites (tertiary alicyclic amines) is 1. The molecular weight excluding hydrogens is 405 g/mol. The molecule has 1 amide bonds. The smallest absolute Gasteiger partial charge is 0.257 e. The van der Waals surface area contributed by atoms with Crippen LogP contribution < -0.4 is 5.32 Å². The number of nitrogens with one attached hydrogen (secondary N) is 1. The van der Waals surface area contributed by atoms with E-state index in [4.69, 9.17) is 5.26 Å². The minimum absolute atomic E-state index is 0.0273. The van der Waals surface area contributed by atoms with E-state index in [0.717, 1.165) is 28.8 Å². The second-order valence-corrected chi connectivity index (χ2v) is 8.30. The number of aliphatic hydroxyl groups is 1. The summed E-state index contributed by atoms with van der Waals surface area (Å²) in [5.74, 6) is -0.830. The molecule has 0 spiro atoms. The van der Waals surface area contributed by atoms with E-state index in [0.29, 0.717) is 12.1 Å². The van der Waals surface area contributed by atoms with Crippen molar-refractivity contribution in [2.24, 2.45) is 5.92 Å². The number of amides is 1. The molecule has 3 aromatic carbocycles. The third-order valence-corrected chi connectivity index (χ3v) is 6.58. The molecule has 2 heterocycles. The average Bonchev–Trinajstić information content (AvgIpc) is 3.29. The Morgan fingerprint density at radius 1 is 1.12 bits per heavy atom. The van der Waals surface area contributed by atoms with Gasteiger partial charge in [-0.25, -0.2) is 4.39 Å². The van der Waals surface area contributed by atoms with Crippen LogP contribution in [0.3, 0.4) is 0 Å². The zero-order valence-electron chi connectivity index (χ0n) is 17.3. The molecule has 0 unspecified atom stereocenters. The number of fused-ring (bicyclic) bond motifs is 3. The molecule has 0 aliphatic carbocycles. The van der Waals surface area contributed by atoms with Crippen LogP contribution in [-0.2, 0) is 0 Å². The Balaban J connectivity index is 1.57. The van der Waals surface area contributed by atoms with Crippen molar-refractivity contribution in [2.45, 2.75) is 18.5 Å². The number of hydrogen-bond acceptors (Lipinski definition) is 4. The van der Waals surface area contributed by atoms with Gasteiger partial charge in [-0.1, -0.05) is 30.3 Å². The van der Waals surface area contributed by atoms with Crippen LogP contribution in [0.2, 0.25) is 0 Å². The van der Waals surface area contributed by atoms with Crippen LogP contribution in [0.25, 0.3) is 11.1 Å². The van der Waals surface area contributed by atoms with Crippen LogP contribution in [0.5, 0.6) is 0 Å². The molecule has 32 heavy (non-hydrogen) atoms. The van der Waals surface area contributed by atoms with Gasteiger partial charge in [0.1, 0.15) is 5.82 Å². The topological polar surface area (TPSA) is 76.4 Å². The molecule has 0 aromatic heterocycles. The van der Waals surface area contributed by atoms with Crippen LogP contribution >= 0.6 is 0 Å². The summed E-state index contributed by atoms with van der Waals surface area (Å²) in [5.41, 5.74) is 4.44. The third kappa shape index (κ3) is 3.31. The Bertz CT molecular complexity index is 1220. The van der Waals surface area contributed by atoms with E-state index >= 15 is 0 Å². The number of nitrogens with zero attached hydrogens (tertiary/aromatic N) is 2. The fourth-order valence-electron chi connectivity index (χ4n) is 5.00. The number of halogens is 1. The predicted molar refractivity (Wildman–Crippen MR) is 119 cm³/mol. The number of aliphatic hydroxyl groups excluding tert-OH is 1. The van der Waals surface area contributed by atoms with Gasteiger partial charge in [0.05, 0.1) is 35.9 Å². The highest BCUT2D eigenvalue weighted by Gasteiger charge is 2.46. The van der Waals surface area contributed by atoms with Gasteiger partial charge in [-0.15, -0.1) is 0 Å². The summed E-state index contributed by atoms with van der Waals surface area (Å²) in [7, 11) is 0. The summed E-state index contributed by atoms with van der Waals surface area (Å²) >= 11 is 0. The van der Waals surface area contributed by atoms with Gasteiger partial charge >= 0.3 is 0 Å². The Morgan fingerprint density at radius 2 is 1.88 bits per heavy atom. The van der Waals surface area contributed by atoms with Crippen molar-refractivity contribution in [2.75, 3.05) is 18.5 Å². The Morgan fingerprint density at radius 3 is 2.59 bits per heavy atom. The molecule has 2 aliphatic heterocycles. The van der Waals surface area contributed by atoms with E-state index in [2.05, 4.69) is 17.5 Å². The highest BCUT2D eigenvalue weighted by Crippen LogP contribution is 2.47. The van der Waals surface area contributed by atoms with E-state index < -0.39 is 5.82 Å². The van der Waals surface area contributed by atoms with E-state index in [1.54, 1.807) is 29.2 Å². The number of carbonyl (C=O) groups is 1. The van der Waals surface area contributed by atoms with Crippen LogP contribution in [0.15, 0.2) is 66.7 Å². The molecule has 2 N–H and O–H groups in total. The molecular formula is C26H22FN3O2. The lowest BCUT2D eigenvalue weighted by Gasteiger charge is -2.39. The van der Waals surface area contributed by atoms with Gasteiger partial charge in [-0.2, -0.15) is 5.26 Å². The van der Waals surface area contributed by atoms with Gasteiger partial charge in [-0.05, 0) is 59.5 Å². The number of nitriles is 1. The maximum atomic E-state index is 14.4. The van der Waals surface area contributed by atoms with Crippen LogP contribution in [0.4, 0.5) is 10.1 Å². The van der Waals surface area contributed by atoms with Gasteiger partial charge in [0, 0.05) is 18.2 Å². The predicted octanol–water partition coefficient (Wildman–Crippen LogP) is 4.35. The first-order valence-corrected chi connectivity index (χ1v) is 10.7. The van der Waals surface area contributed by atoms with E-state index in [9.17, 15) is 14.3 Å². The molecule has 0 bridgehead atoms. The standard InChI is InChI=1S/C26H22FN3O2/c27-22-4-2-1-3-19(22)26(32)30-12-11-20-24(15-31)29-23-10-9-18(13-21(23)25(20)30)17-7-5-16(14-28)6-8-17/h1-10,13,20,24-25,29,31H,11-12,15H2/t20-,24+,25-/m1/s1. The van der Waals surface area contributed by atoms with E-state index in [-0.39, 0.29) is 36.1 Å². The minimum atomic E-state index is -0.528. The minimum Gasteiger partial charge on any atom is -0.394 e. The number of rotatable bonds is 3. The number of carbonyl (C=O) groups excluding carboxylic acids is 1. The van der Waals surface area contributed by atoms with Gasteiger partial charge in [0.2, 0.25) is 0 Å². The molecule has 1 saturated heterocycles. The summed E-state index contributed by atoms with van der Waals surface area (Å²) in [4.78, 5) is 15.1. The van der Waals surface area contributed by atoms with Crippen molar-refractivity contribution >= 4 is 11.6 Å². The monoisotopic (exact) mass is 427 g/mol. The van der Waals surface area contributed by atoms with E-state index in [1.807, 2.05) is 24.3 Å². The van der Waals surface area contributed by atoms with Crippen molar-refractivity contribution < 1.29 is 14.3 Å². The molecule has 3 aromatic rings. The quantitative estimate of drug-likeness (QED) is 0.651. The first-order valence-electron chi connectivity index (χ1n) is 10.7.